The molecular formula is C28H37N7O. The van der Waals surface area contributed by atoms with E-state index in [1.54, 1.807) is 6.20 Å². The Morgan fingerprint density at radius 3 is 2.69 bits per heavy atom. The third kappa shape index (κ3) is 5.37. The van der Waals surface area contributed by atoms with Gasteiger partial charge in [0.15, 0.2) is 0 Å². The molecule has 8 nitrogen and oxygen atoms in total. The van der Waals surface area contributed by atoms with Gasteiger partial charge in [-0.2, -0.15) is 0 Å². The first kappa shape index (κ1) is 24.3. The number of aromatic nitrogens is 3. The van der Waals surface area contributed by atoms with E-state index in [9.17, 15) is 4.79 Å². The van der Waals surface area contributed by atoms with Gasteiger partial charge in [-0.05, 0) is 50.3 Å². The number of nitrogen functional groups attached to an aromatic ring is 1. The van der Waals surface area contributed by atoms with E-state index in [1.165, 1.54) is 32.1 Å². The molecule has 3 aromatic rings. The molecule has 0 bridgehead atoms. The zero-order chi connectivity index (χ0) is 24.9. The van der Waals surface area contributed by atoms with E-state index in [2.05, 4.69) is 38.5 Å². The number of piperidine rings is 1. The summed E-state index contributed by atoms with van der Waals surface area (Å²) in [6, 6.07) is 6.57. The van der Waals surface area contributed by atoms with Gasteiger partial charge in [0.1, 0.15) is 11.6 Å². The molecule has 1 aliphatic heterocycles. The number of anilines is 3. The molecule has 5 rings (SSSR count). The van der Waals surface area contributed by atoms with Gasteiger partial charge in [-0.15, -0.1) is 0 Å². The van der Waals surface area contributed by atoms with Crippen molar-refractivity contribution < 1.29 is 4.79 Å². The van der Waals surface area contributed by atoms with Gasteiger partial charge in [-0.3, -0.25) is 9.78 Å². The molecular weight excluding hydrogens is 450 g/mol. The van der Waals surface area contributed by atoms with Crippen LogP contribution < -0.4 is 21.3 Å². The molecule has 0 aromatic carbocycles. The molecule has 1 aliphatic carbocycles. The maximum Gasteiger partial charge on any atom is 0.223 e. The Bertz CT molecular complexity index is 1200. The van der Waals surface area contributed by atoms with E-state index in [1.807, 2.05) is 24.5 Å². The van der Waals surface area contributed by atoms with Crippen molar-refractivity contribution in [3.63, 3.8) is 0 Å². The fourth-order valence-corrected chi connectivity index (χ4v) is 5.43. The molecule has 2 aliphatic rings. The van der Waals surface area contributed by atoms with Crippen molar-refractivity contribution in [3.05, 3.63) is 36.8 Å². The minimum Gasteiger partial charge on any atom is -0.397 e. The first-order valence-electron chi connectivity index (χ1n) is 13.4. The highest BCUT2D eigenvalue weighted by molar-refractivity contribution is 5.95. The monoisotopic (exact) mass is 487 g/mol. The number of carbonyl (C=O) groups is 1. The molecule has 0 unspecified atom stereocenters. The number of amides is 1. The summed E-state index contributed by atoms with van der Waals surface area (Å²) >= 11 is 0. The topological polar surface area (TPSA) is 109 Å². The first-order valence-corrected chi connectivity index (χ1v) is 13.4. The lowest BCUT2D eigenvalue weighted by Crippen LogP contribution is -2.41. The van der Waals surface area contributed by atoms with Crippen LogP contribution in [0.4, 0.5) is 17.3 Å². The second-order valence-electron chi connectivity index (χ2n) is 10.1. The minimum absolute atomic E-state index is 0.0631. The van der Waals surface area contributed by atoms with Crippen molar-refractivity contribution in [3.8, 4) is 11.3 Å². The molecule has 8 heteroatoms. The molecule has 0 radical (unpaired) electrons. The third-order valence-electron chi connectivity index (χ3n) is 7.49. The summed E-state index contributed by atoms with van der Waals surface area (Å²) in [6.07, 6.45) is 14.2. The molecule has 36 heavy (non-hydrogen) atoms. The fraction of sp³-hybridized carbons (Fsp3) is 0.500. The summed E-state index contributed by atoms with van der Waals surface area (Å²) in [4.78, 5) is 28.8. The van der Waals surface area contributed by atoms with Gasteiger partial charge < -0.3 is 21.3 Å². The fourth-order valence-electron chi connectivity index (χ4n) is 5.43. The molecule has 2 fully saturated rings. The predicted molar refractivity (Wildman–Crippen MR) is 146 cm³/mol. The van der Waals surface area contributed by atoms with Crippen LogP contribution in [0, 0.1) is 5.92 Å². The molecule has 4 heterocycles. The normalized spacial score (nSPS) is 17.3. The summed E-state index contributed by atoms with van der Waals surface area (Å²) in [7, 11) is 0. The number of nitrogens with two attached hydrogens (primary N) is 1. The average Bonchev–Trinajstić information content (AvgIpc) is 2.93. The van der Waals surface area contributed by atoms with Crippen molar-refractivity contribution in [1.82, 2.24) is 20.3 Å². The Morgan fingerprint density at radius 2 is 1.92 bits per heavy atom. The van der Waals surface area contributed by atoms with Crippen LogP contribution in [0.2, 0.25) is 0 Å². The quantitative estimate of drug-likeness (QED) is 0.441. The molecule has 1 saturated carbocycles. The molecule has 1 amide bonds. The van der Waals surface area contributed by atoms with Crippen LogP contribution in [-0.4, -0.2) is 46.5 Å². The second-order valence-corrected chi connectivity index (χ2v) is 10.1. The first-order chi connectivity index (χ1) is 17.6. The van der Waals surface area contributed by atoms with Gasteiger partial charge in [0.25, 0.3) is 0 Å². The Kier molecular flexibility index (Phi) is 7.49. The maximum absolute atomic E-state index is 12.5. The van der Waals surface area contributed by atoms with Crippen LogP contribution in [0.1, 0.15) is 58.3 Å². The van der Waals surface area contributed by atoms with Crippen molar-refractivity contribution in [2.24, 2.45) is 5.92 Å². The second kappa shape index (κ2) is 11.1. The molecule has 190 valence electrons. The highest BCUT2D eigenvalue weighted by atomic mass is 16.1. The van der Waals surface area contributed by atoms with Crippen LogP contribution in [0.15, 0.2) is 36.8 Å². The van der Waals surface area contributed by atoms with Gasteiger partial charge in [0.05, 0.1) is 17.6 Å². The average molecular weight is 488 g/mol. The molecule has 1 saturated heterocycles. The number of hydrogen-bond donors (Lipinski definition) is 3. The van der Waals surface area contributed by atoms with Crippen LogP contribution in [-0.2, 0) is 4.79 Å². The van der Waals surface area contributed by atoms with Crippen LogP contribution >= 0.6 is 0 Å². The largest absolute Gasteiger partial charge is 0.397 e. The zero-order valence-electron chi connectivity index (χ0n) is 21.2. The Labute approximate surface area is 213 Å². The molecule has 0 atom stereocenters. The van der Waals surface area contributed by atoms with E-state index in [0.29, 0.717) is 11.7 Å². The van der Waals surface area contributed by atoms with Crippen LogP contribution in [0.5, 0.6) is 0 Å². The van der Waals surface area contributed by atoms with Crippen molar-refractivity contribution >= 4 is 34.0 Å². The number of nitrogens with zero attached hydrogens (tertiary/aromatic N) is 4. The Balaban J connectivity index is 1.42. The van der Waals surface area contributed by atoms with E-state index in [0.717, 1.165) is 72.6 Å². The summed E-state index contributed by atoms with van der Waals surface area (Å²) in [5, 5.41) is 8.75. The summed E-state index contributed by atoms with van der Waals surface area (Å²) < 4.78 is 0. The summed E-state index contributed by atoms with van der Waals surface area (Å²) in [5.41, 5.74) is 8.72. The van der Waals surface area contributed by atoms with Crippen molar-refractivity contribution in [1.29, 1.82) is 0 Å². The van der Waals surface area contributed by atoms with Gasteiger partial charge in [-0.1, -0.05) is 26.2 Å². The molecule has 0 spiro atoms. The van der Waals surface area contributed by atoms with Crippen LogP contribution in [0.3, 0.4) is 0 Å². The smallest absolute Gasteiger partial charge is 0.223 e. The van der Waals surface area contributed by atoms with Crippen molar-refractivity contribution in [2.75, 3.05) is 35.6 Å². The summed E-state index contributed by atoms with van der Waals surface area (Å²) in [6.45, 7) is 4.40. The highest BCUT2D eigenvalue weighted by Crippen LogP contribution is 2.35. The Hall–Kier alpha value is -3.42. The number of fused-ring (bicyclic) bond motifs is 1. The SMILES string of the molecule is CCCNC(=O)C1CCN(c2nc(-c3cc(NC4CCCCC4)ncc3N)cc3cnccc23)CC1. The summed E-state index contributed by atoms with van der Waals surface area (Å²) in [5.74, 6) is 2.01. The standard InChI is InChI=1S/C28H37N7O/c1-2-11-31-28(36)19-9-13-35(14-10-19)27-22-8-12-30-17-20(22)15-25(34-27)23-16-26(32-18-24(23)29)33-21-6-4-3-5-7-21/h8,12,15-19,21H,2-7,9-11,13-14,29H2,1H3,(H,31,36)(H,32,33). The Morgan fingerprint density at radius 1 is 1.11 bits per heavy atom. The van der Waals surface area contributed by atoms with Crippen LogP contribution in [0.25, 0.3) is 22.0 Å². The number of pyridine rings is 3. The van der Waals surface area contributed by atoms with Crippen molar-refractivity contribution in [2.45, 2.75) is 64.3 Å². The maximum atomic E-state index is 12.5. The third-order valence-corrected chi connectivity index (χ3v) is 7.49. The number of hydrogen-bond acceptors (Lipinski definition) is 7. The van der Waals surface area contributed by atoms with E-state index >= 15 is 0 Å². The lowest BCUT2D eigenvalue weighted by molar-refractivity contribution is -0.125. The number of nitrogens with one attached hydrogen (secondary N) is 2. The number of rotatable bonds is 7. The molecule has 3 aromatic heterocycles. The van der Waals surface area contributed by atoms with E-state index < -0.39 is 0 Å². The van der Waals surface area contributed by atoms with Gasteiger partial charge >= 0.3 is 0 Å². The lowest BCUT2D eigenvalue weighted by atomic mass is 9.95. The van der Waals surface area contributed by atoms with Gasteiger partial charge in [-0.25, -0.2) is 9.97 Å². The van der Waals surface area contributed by atoms with E-state index in [-0.39, 0.29) is 11.8 Å². The zero-order valence-corrected chi connectivity index (χ0v) is 21.2. The van der Waals surface area contributed by atoms with E-state index in [4.69, 9.17) is 10.7 Å². The van der Waals surface area contributed by atoms with Gasteiger partial charge in [0, 0.05) is 60.3 Å². The minimum atomic E-state index is 0.0631. The predicted octanol–water partition coefficient (Wildman–Crippen LogP) is 4.76. The number of carbonyl (C=O) groups excluding carboxylic acids is 1. The molecule has 4 N–H and O–H groups in total. The highest BCUT2D eigenvalue weighted by Gasteiger charge is 2.27. The lowest BCUT2D eigenvalue weighted by Gasteiger charge is -2.33. The van der Waals surface area contributed by atoms with Gasteiger partial charge in [0.2, 0.25) is 5.91 Å².